The molecule has 0 aliphatic heterocycles. The average molecular weight is 392 g/mol. The number of aromatic nitrogens is 1. The lowest BCUT2D eigenvalue weighted by Gasteiger charge is -2.24. The number of methoxy groups -OCH3 is 1. The molecule has 2 amide bonds. The molecule has 0 fully saturated rings. The van der Waals surface area contributed by atoms with Gasteiger partial charge in [-0.1, -0.05) is 55.5 Å². The van der Waals surface area contributed by atoms with Gasteiger partial charge in [-0.05, 0) is 35.7 Å². The van der Waals surface area contributed by atoms with Crippen molar-refractivity contribution < 1.29 is 9.53 Å². The number of hydrogen-bond acceptors (Lipinski definition) is 2. The molecular weight excluding hydrogens is 362 g/mol. The highest BCUT2D eigenvalue weighted by molar-refractivity contribution is 5.90. The summed E-state index contributed by atoms with van der Waals surface area (Å²) in [6.45, 7) is 4.39. The lowest BCUT2D eigenvalue weighted by molar-refractivity contribution is 0.152. The van der Waals surface area contributed by atoms with Crippen LogP contribution in [0.25, 0.3) is 0 Å². The fourth-order valence-corrected chi connectivity index (χ4v) is 3.32. The lowest BCUT2D eigenvalue weighted by atomic mass is 10.1. The van der Waals surface area contributed by atoms with Crippen LogP contribution in [0.15, 0.2) is 72.9 Å². The van der Waals surface area contributed by atoms with Crippen molar-refractivity contribution in [3.8, 4) is 0 Å². The van der Waals surface area contributed by atoms with Crippen LogP contribution in [0.1, 0.15) is 23.7 Å². The first kappa shape index (κ1) is 20.7. The number of carbonyl (C=O) groups excluding carboxylic acids is 1. The molecule has 1 aromatic heterocycles. The number of rotatable bonds is 9. The number of benzene rings is 2. The predicted molar refractivity (Wildman–Crippen MR) is 117 cm³/mol. The first-order valence-corrected chi connectivity index (χ1v) is 10.0. The molecule has 5 nitrogen and oxygen atoms in total. The molecule has 0 aliphatic rings. The molecule has 1 heterocycles. The third kappa shape index (κ3) is 5.72. The molecule has 152 valence electrons. The van der Waals surface area contributed by atoms with Gasteiger partial charge in [0.25, 0.3) is 0 Å². The van der Waals surface area contributed by atoms with Crippen LogP contribution in [0.3, 0.4) is 0 Å². The van der Waals surface area contributed by atoms with Gasteiger partial charge in [-0.15, -0.1) is 0 Å². The SMILES string of the molecule is CCc1ccccc1NC(=O)N(CCOC)Cc1cccn1Cc1ccccc1. The Bertz CT molecular complexity index is 905. The van der Waals surface area contributed by atoms with Gasteiger partial charge < -0.3 is 19.5 Å². The highest BCUT2D eigenvalue weighted by atomic mass is 16.5. The molecule has 0 spiro atoms. The maximum absolute atomic E-state index is 13.0. The first-order chi connectivity index (χ1) is 14.2. The Morgan fingerprint density at radius 3 is 2.55 bits per heavy atom. The van der Waals surface area contributed by atoms with Crippen LogP contribution in [0.5, 0.6) is 0 Å². The maximum Gasteiger partial charge on any atom is 0.322 e. The molecule has 1 N–H and O–H groups in total. The Balaban J connectivity index is 1.74. The summed E-state index contributed by atoms with van der Waals surface area (Å²) in [4.78, 5) is 14.8. The monoisotopic (exact) mass is 391 g/mol. The van der Waals surface area contributed by atoms with Gasteiger partial charge in [0.1, 0.15) is 0 Å². The standard InChI is InChI=1S/C24H29N3O2/c1-3-21-12-7-8-14-23(21)25-24(28)27(16-17-29-2)19-22-13-9-15-26(22)18-20-10-5-4-6-11-20/h4-15H,3,16-19H2,1-2H3,(H,25,28). The van der Waals surface area contributed by atoms with Gasteiger partial charge in [0.15, 0.2) is 0 Å². The van der Waals surface area contributed by atoms with Crippen molar-refractivity contribution >= 4 is 11.7 Å². The van der Waals surface area contributed by atoms with Crippen LogP contribution in [-0.4, -0.2) is 35.8 Å². The van der Waals surface area contributed by atoms with Crippen molar-refractivity contribution in [2.75, 3.05) is 25.6 Å². The van der Waals surface area contributed by atoms with E-state index >= 15 is 0 Å². The van der Waals surface area contributed by atoms with Crippen molar-refractivity contribution in [2.24, 2.45) is 0 Å². The number of hydrogen-bond donors (Lipinski definition) is 1. The van der Waals surface area contributed by atoms with Crippen LogP contribution in [0, 0.1) is 0 Å². The minimum absolute atomic E-state index is 0.115. The molecule has 5 heteroatoms. The number of amides is 2. The van der Waals surface area contributed by atoms with Gasteiger partial charge in [0.2, 0.25) is 0 Å². The van der Waals surface area contributed by atoms with Crippen LogP contribution < -0.4 is 5.32 Å². The molecule has 3 aromatic rings. The van der Waals surface area contributed by atoms with E-state index in [-0.39, 0.29) is 6.03 Å². The minimum atomic E-state index is -0.115. The van der Waals surface area contributed by atoms with E-state index in [9.17, 15) is 4.79 Å². The van der Waals surface area contributed by atoms with E-state index in [0.29, 0.717) is 19.7 Å². The molecule has 0 unspecified atom stereocenters. The van der Waals surface area contributed by atoms with Crippen molar-refractivity contribution in [3.63, 3.8) is 0 Å². The number of urea groups is 1. The Kier molecular flexibility index (Phi) is 7.47. The number of nitrogens with zero attached hydrogens (tertiary/aromatic N) is 2. The quantitative estimate of drug-likeness (QED) is 0.571. The summed E-state index contributed by atoms with van der Waals surface area (Å²) < 4.78 is 7.42. The fraction of sp³-hybridized carbons (Fsp3) is 0.292. The number of carbonyl (C=O) groups is 1. The molecule has 2 aromatic carbocycles. The summed E-state index contributed by atoms with van der Waals surface area (Å²) in [5.41, 5.74) is 4.31. The van der Waals surface area contributed by atoms with E-state index in [4.69, 9.17) is 4.74 Å². The minimum Gasteiger partial charge on any atom is -0.383 e. The Morgan fingerprint density at radius 1 is 1.03 bits per heavy atom. The number of para-hydroxylation sites is 1. The molecule has 0 radical (unpaired) electrons. The normalized spacial score (nSPS) is 10.7. The van der Waals surface area contributed by atoms with Gasteiger partial charge in [-0.25, -0.2) is 4.79 Å². The van der Waals surface area contributed by atoms with E-state index in [0.717, 1.165) is 29.9 Å². The largest absolute Gasteiger partial charge is 0.383 e. The molecule has 0 saturated heterocycles. The molecular formula is C24H29N3O2. The summed E-state index contributed by atoms with van der Waals surface area (Å²) in [5.74, 6) is 0. The first-order valence-electron chi connectivity index (χ1n) is 10.0. The summed E-state index contributed by atoms with van der Waals surface area (Å²) in [6.07, 6.45) is 2.93. The Hall–Kier alpha value is -3.05. The van der Waals surface area contributed by atoms with Gasteiger partial charge in [0.05, 0.1) is 13.2 Å². The summed E-state index contributed by atoms with van der Waals surface area (Å²) in [7, 11) is 1.65. The van der Waals surface area contributed by atoms with Gasteiger partial charge in [-0.2, -0.15) is 0 Å². The molecule has 0 atom stereocenters. The molecule has 0 bridgehead atoms. The van der Waals surface area contributed by atoms with Crippen molar-refractivity contribution in [1.82, 2.24) is 9.47 Å². The Morgan fingerprint density at radius 2 is 1.79 bits per heavy atom. The highest BCUT2D eigenvalue weighted by Crippen LogP contribution is 2.17. The predicted octanol–water partition coefficient (Wildman–Crippen LogP) is 4.78. The van der Waals surface area contributed by atoms with Crippen molar-refractivity contribution in [1.29, 1.82) is 0 Å². The zero-order valence-corrected chi connectivity index (χ0v) is 17.2. The van der Waals surface area contributed by atoms with Gasteiger partial charge in [0, 0.05) is 37.8 Å². The third-order valence-electron chi connectivity index (χ3n) is 4.96. The zero-order chi connectivity index (χ0) is 20.5. The van der Waals surface area contributed by atoms with E-state index in [2.05, 4.69) is 41.2 Å². The number of nitrogens with one attached hydrogen (secondary N) is 1. The van der Waals surface area contributed by atoms with E-state index in [1.165, 1.54) is 5.56 Å². The number of aryl methyl sites for hydroxylation is 1. The number of anilines is 1. The highest BCUT2D eigenvalue weighted by Gasteiger charge is 2.17. The van der Waals surface area contributed by atoms with Crippen molar-refractivity contribution in [3.05, 3.63) is 89.7 Å². The Labute approximate surface area is 172 Å². The molecule has 29 heavy (non-hydrogen) atoms. The fourth-order valence-electron chi connectivity index (χ4n) is 3.32. The summed E-state index contributed by atoms with van der Waals surface area (Å²) >= 11 is 0. The second-order valence-electron chi connectivity index (χ2n) is 6.97. The third-order valence-corrected chi connectivity index (χ3v) is 4.96. The maximum atomic E-state index is 13.0. The molecule has 0 aliphatic carbocycles. The van der Waals surface area contributed by atoms with Gasteiger partial charge in [-0.3, -0.25) is 0 Å². The van der Waals surface area contributed by atoms with E-state index < -0.39 is 0 Å². The van der Waals surface area contributed by atoms with Crippen LogP contribution in [0.4, 0.5) is 10.5 Å². The summed E-state index contributed by atoms with van der Waals surface area (Å²) in [6, 6.07) is 22.2. The second kappa shape index (κ2) is 10.5. The van der Waals surface area contributed by atoms with E-state index in [1.807, 2.05) is 48.5 Å². The van der Waals surface area contributed by atoms with Crippen LogP contribution >= 0.6 is 0 Å². The van der Waals surface area contributed by atoms with Crippen LogP contribution in [0.2, 0.25) is 0 Å². The lowest BCUT2D eigenvalue weighted by Crippen LogP contribution is -2.37. The molecule has 3 rings (SSSR count). The summed E-state index contributed by atoms with van der Waals surface area (Å²) in [5, 5.41) is 3.07. The smallest absolute Gasteiger partial charge is 0.322 e. The van der Waals surface area contributed by atoms with Crippen molar-refractivity contribution in [2.45, 2.75) is 26.4 Å². The zero-order valence-electron chi connectivity index (χ0n) is 17.2. The van der Waals surface area contributed by atoms with Crippen LogP contribution in [-0.2, 0) is 24.2 Å². The van der Waals surface area contributed by atoms with E-state index in [1.54, 1.807) is 12.0 Å². The topological polar surface area (TPSA) is 46.5 Å². The second-order valence-corrected chi connectivity index (χ2v) is 6.97. The number of ether oxygens (including phenoxy) is 1. The average Bonchev–Trinajstić information content (AvgIpc) is 3.18. The van der Waals surface area contributed by atoms with Gasteiger partial charge >= 0.3 is 6.03 Å². The molecule has 0 saturated carbocycles.